The first-order chi connectivity index (χ1) is 5.74. The third-order valence-corrected chi connectivity index (χ3v) is 6.25. The topological polar surface area (TPSA) is 0 Å². The molecule has 0 radical (unpaired) electrons. The van der Waals surface area contributed by atoms with E-state index in [0.717, 1.165) is 0 Å². The zero-order chi connectivity index (χ0) is 10.6. The number of hydrogen-bond acceptors (Lipinski definition) is 2. The molecule has 0 saturated carbocycles. The number of alkyl halides is 2. The van der Waals surface area contributed by atoms with Gasteiger partial charge in [-0.15, -0.1) is 23.2 Å². The van der Waals surface area contributed by atoms with Crippen molar-refractivity contribution in [2.75, 3.05) is 0 Å². The highest BCUT2D eigenvalue weighted by Crippen LogP contribution is 2.43. The minimum Gasteiger partial charge on any atom is -0.104 e. The van der Waals surface area contributed by atoms with Gasteiger partial charge in [0.15, 0.2) is 0 Å². The van der Waals surface area contributed by atoms with Crippen molar-refractivity contribution in [2.24, 2.45) is 5.92 Å². The van der Waals surface area contributed by atoms with Crippen molar-refractivity contribution in [3.8, 4) is 0 Å². The summed E-state index contributed by atoms with van der Waals surface area (Å²) in [7, 11) is 3.64. The van der Waals surface area contributed by atoms with Crippen molar-refractivity contribution in [1.29, 1.82) is 0 Å². The van der Waals surface area contributed by atoms with E-state index in [2.05, 4.69) is 34.6 Å². The van der Waals surface area contributed by atoms with Gasteiger partial charge in [-0.25, -0.2) is 0 Å². The third-order valence-electron chi connectivity index (χ3n) is 1.31. The first kappa shape index (κ1) is 14.3. The van der Waals surface area contributed by atoms with Crippen LogP contribution in [-0.2, 0) is 0 Å². The molecule has 1 atom stereocenters. The van der Waals surface area contributed by atoms with E-state index in [1.165, 1.54) is 0 Å². The maximum absolute atomic E-state index is 5.90. The van der Waals surface area contributed by atoms with Crippen LogP contribution in [0.1, 0.15) is 34.6 Å². The second-order valence-electron chi connectivity index (χ2n) is 4.34. The molecule has 80 valence electrons. The molecule has 0 aromatic carbocycles. The molecule has 0 amide bonds. The molecule has 13 heavy (non-hydrogen) atoms. The zero-order valence-corrected chi connectivity index (χ0v) is 11.9. The van der Waals surface area contributed by atoms with Gasteiger partial charge in [-0.3, -0.25) is 0 Å². The van der Waals surface area contributed by atoms with Crippen LogP contribution in [0, 0.1) is 5.92 Å². The van der Waals surface area contributed by atoms with Crippen molar-refractivity contribution < 1.29 is 0 Å². The van der Waals surface area contributed by atoms with Gasteiger partial charge in [0.05, 0.1) is 0 Å². The molecule has 0 fully saturated rings. The largest absolute Gasteiger partial charge is 0.120 e. The summed E-state index contributed by atoms with van der Waals surface area (Å²) < 4.78 is 0.264. The fraction of sp³-hybridized carbons (Fsp3) is 1.00. The molecule has 4 heteroatoms. The first-order valence-corrected chi connectivity index (χ1v) is 7.45. The van der Waals surface area contributed by atoms with Crippen molar-refractivity contribution in [2.45, 2.75) is 49.5 Å². The van der Waals surface area contributed by atoms with Gasteiger partial charge in [0.1, 0.15) is 4.84 Å². The van der Waals surface area contributed by atoms with Crippen LogP contribution in [0.15, 0.2) is 0 Å². The van der Waals surface area contributed by atoms with Crippen molar-refractivity contribution in [1.82, 2.24) is 0 Å². The lowest BCUT2D eigenvalue weighted by molar-refractivity contribution is 0.634. The van der Waals surface area contributed by atoms with Gasteiger partial charge in [0.25, 0.3) is 0 Å². The SMILES string of the molecule is CC(C)[C@@H](SSC(C)(C)C)C(Cl)Cl. The Bertz CT molecular complexity index is 133. The molecule has 0 N–H and O–H groups in total. The van der Waals surface area contributed by atoms with Crippen LogP contribution in [0.25, 0.3) is 0 Å². The van der Waals surface area contributed by atoms with E-state index in [-0.39, 0.29) is 9.58 Å². The lowest BCUT2D eigenvalue weighted by atomic mass is 10.1. The number of halogens is 2. The molecule has 0 spiro atoms. The molecular formula is C9H18Cl2S2. The van der Waals surface area contributed by atoms with Gasteiger partial charge < -0.3 is 0 Å². The second kappa shape index (κ2) is 5.99. The van der Waals surface area contributed by atoms with E-state index in [4.69, 9.17) is 23.2 Å². The van der Waals surface area contributed by atoms with Crippen LogP contribution < -0.4 is 0 Å². The first-order valence-electron chi connectivity index (χ1n) is 4.36. The molecule has 0 aliphatic heterocycles. The highest BCUT2D eigenvalue weighted by Gasteiger charge is 2.24. The zero-order valence-electron chi connectivity index (χ0n) is 8.80. The number of rotatable bonds is 4. The average molecular weight is 261 g/mol. The van der Waals surface area contributed by atoms with Gasteiger partial charge in [-0.2, -0.15) is 0 Å². The maximum Gasteiger partial charge on any atom is 0.120 e. The molecule has 0 aliphatic rings. The Hall–Kier alpha value is 1.28. The average Bonchev–Trinajstić information content (AvgIpc) is 1.82. The summed E-state index contributed by atoms with van der Waals surface area (Å²) in [5.41, 5.74) is 0. The third kappa shape index (κ3) is 7.24. The van der Waals surface area contributed by atoms with Gasteiger partial charge >= 0.3 is 0 Å². The second-order valence-corrected chi connectivity index (χ2v) is 8.70. The predicted molar refractivity (Wildman–Crippen MR) is 69.1 cm³/mol. The summed E-state index contributed by atoms with van der Waals surface area (Å²) in [4.78, 5) is -0.278. The summed E-state index contributed by atoms with van der Waals surface area (Å²) in [6.07, 6.45) is 0. The van der Waals surface area contributed by atoms with E-state index in [9.17, 15) is 0 Å². The number of hydrogen-bond donors (Lipinski definition) is 0. The summed E-state index contributed by atoms with van der Waals surface area (Å²) in [6.45, 7) is 10.9. The highest BCUT2D eigenvalue weighted by molar-refractivity contribution is 8.77. The Morgan fingerprint density at radius 3 is 1.77 bits per heavy atom. The monoisotopic (exact) mass is 260 g/mol. The lowest BCUT2D eigenvalue weighted by Crippen LogP contribution is -2.19. The summed E-state index contributed by atoms with van der Waals surface area (Å²) >= 11 is 11.8. The highest BCUT2D eigenvalue weighted by atomic mass is 35.5. The van der Waals surface area contributed by atoms with Crippen LogP contribution in [-0.4, -0.2) is 14.8 Å². The summed E-state index contributed by atoms with van der Waals surface area (Å²) in [5, 5.41) is 0.313. The van der Waals surface area contributed by atoms with Crippen LogP contribution in [0.5, 0.6) is 0 Å². The molecule has 0 nitrogen and oxygen atoms in total. The van der Waals surface area contributed by atoms with Crippen molar-refractivity contribution in [3.05, 3.63) is 0 Å². The molecular weight excluding hydrogens is 243 g/mol. The van der Waals surface area contributed by atoms with E-state index in [1.807, 2.05) is 10.8 Å². The fourth-order valence-electron chi connectivity index (χ4n) is 0.644. The Balaban J connectivity index is 3.98. The van der Waals surface area contributed by atoms with E-state index < -0.39 is 0 Å². The molecule has 0 unspecified atom stereocenters. The Morgan fingerprint density at radius 1 is 1.08 bits per heavy atom. The van der Waals surface area contributed by atoms with Crippen molar-refractivity contribution >= 4 is 44.8 Å². The van der Waals surface area contributed by atoms with Gasteiger partial charge in [0, 0.05) is 10.00 Å². The molecule has 0 saturated heterocycles. The molecule has 0 rings (SSSR count). The van der Waals surface area contributed by atoms with Crippen LogP contribution in [0.4, 0.5) is 0 Å². The smallest absolute Gasteiger partial charge is 0.104 e. The van der Waals surface area contributed by atoms with Gasteiger partial charge in [-0.1, -0.05) is 56.2 Å². The summed E-state index contributed by atoms with van der Waals surface area (Å²) in [6, 6.07) is 0. The molecule has 0 aliphatic carbocycles. The molecule has 0 aromatic heterocycles. The minimum atomic E-state index is -0.278. The van der Waals surface area contributed by atoms with Crippen molar-refractivity contribution in [3.63, 3.8) is 0 Å². The van der Waals surface area contributed by atoms with Crippen LogP contribution >= 0.6 is 44.8 Å². The molecule has 0 bridgehead atoms. The van der Waals surface area contributed by atoms with Gasteiger partial charge in [-0.05, 0) is 5.92 Å². The Morgan fingerprint density at radius 2 is 1.54 bits per heavy atom. The standard InChI is InChI=1S/C9H18Cl2S2/c1-6(2)7(8(10)11)12-13-9(3,4)5/h6-8H,1-5H3/t7-/m1/s1. The van der Waals surface area contributed by atoms with Crippen LogP contribution in [0.2, 0.25) is 0 Å². The van der Waals surface area contributed by atoms with E-state index in [0.29, 0.717) is 11.2 Å². The van der Waals surface area contributed by atoms with Gasteiger partial charge in [0.2, 0.25) is 0 Å². The quantitative estimate of drug-likeness (QED) is 0.516. The summed E-state index contributed by atoms with van der Waals surface area (Å²) in [5.74, 6) is 0.514. The normalized spacial score (nSPS) is 15.5. The fourth-order valence-corrected chi connectivity index (χ4v) is 4.81. The maximum atomic E-state index is 5.90. The van der Waals surface area contributed by atoms with E-state index in [1.54, 1.807) is 10.8 Å². The Labute approximate surface area is 99.9 Å². The molecule has 0 aromatic rings. The van der Waals surface area contributed by atoms with E-state index >= 15 is 0 Å². The Kier molecular flexibility index (Phi) is 6.58. The minimum absolute atomic E-state index is 0.264. The lowest BCUT2D eigenvalue weighted by Gasteiger charge is -2.25. The van der Waals surface area contributed by atoms with Crippen LogP contribution in [0.3, 0.4) is 0 Å². The predicted octanol–water partition coefficient (Wildman–Crippen LogP) is 4.99. The molecule has 0 heterocycles.